The highest BCUT2D eigenvalue weighted by molar-refractivity contribution is 7.87. The summed E-state index contributed by atoms with van der Waals surface area (Å²) < 4.78 is 27.6. The van der Waals surface area contributed by atoms with Crippen molar-refractivity contribution in [2.24, 2.45) is 5.73 Å². The van der Waals surface area contributed by atoms with E-state index < -0.39 is 21.5 Å². The molecule has 0 aromatic rings. The van der Waals surface area contributed by atoms with Gasteiger partial charge in [-0.2, -0.15) is 8.42 Å². The number of carboxylic acids is 1. The molecule has 0 spiro atoms. The van der Waals surface area contributed by atoms with Gasteiger partial charge in [0.15, 0.2) is 0 Å². The lowest BCUT2D eigenvalue weighted by Gasteiger charge is -1.98. The van der Waals surface area contributed by atoms with Crippen LogP contribution in [0.5, 0.6) is 0 Å². The van der Waals surface area contributed by atoms with Crippen LogP contribution < -0.4 is 5.73 Å². The van der Waals surface area contributed by atoms with Gasteiger partial charge in [-0.3, -0.25) is 4.55 Å². The lowest BCUT2D eigenvalue weighted by atomic mass is 10.7. The van der Waals surface area contributed by atoms with E-state index >= 15 is 0 Å². The highest BCUT2D eigenvalue weighted by Crippen LogP contribution is 1.88. The van der Waals surface area contributed by atoms with Gasteiger partial charge < -0.3 is 10.8 Å². The van der Waals surface area contributed by atoms with Gasteiger partial charge in [-0.15, -0.1) is 12.4 Å². The molecule has 6 nitrogen and oxygen atoms in total. The van der Waals surface area contributed by atoms with Crippen LogP contribution in [0.15, 0.2) is 0 Å². The molecule has 4 N–H and O–H groups in total. The first-order valence-electron chi connectivity index (χ1n) is 1.80. The third-order valence-corrected chi connectivity index (χ3v) is 1.41. The lowest BCUT2D eigenvalue weighted by molar-refractivity contribution is -0.136. The van der Waals surface area contributed by atoms with E-state index in [1.54, 1.807) is 0 Å². The van der Waals surface area contributed by atoms with Crippen LogP contribution in [0.1, 0.15) is 0 Å². The van der Waals surface area contributed by atoms with Gasteiger partial charge in [0.2, 0.25) is 5.37 Å². The zero-order valence-electron chi connectivity index (χ0n) is 4.59. The van der Waals surface area contributed by atoms with Crippen molar-refractivity contribution >= 4 is 28.5 Å². The van der Waals surface area contributed by atoms with Crippen LogP contribution in [0.2, 0.25) is 0 Å². The van der Waals surface area contributed by atoms with E-state index in [0.29, 0.717) is 0 Å². The minimum atomic E-state index is -4.62. The van der Waals surface area contributed by atoms with E-state index in [-0.39, 0.29) is 12.4 Å². The zero-order valence-corrected chi connectivity index (χ0v) is 6.22. The fraction of sp³-hybridized carbons (Fsp3) is 0.500. The van der Waals surface area contributed by atoms with Crippen LogP contribution in [0.3, 0.4) is 0 Å². The molecule has 0 saturated heterocycles. The van der Waals surface area contributed by atoms with Crippen molar-refractivity contribution in [3.63, 3.8) is 0 Å². The van der Waals surface area contributed by atoms with Gasteiger partial charge in [-0.1, -0.05) is 0 Å². The molecule has 0 radical (unpaired) electrons. The van der Waals surface area contributed by atoms with E-state index in [9.17, 15) is 13.2 Å². The minimum Gasteiger partial charge on any atom is -0.479 e. The molecule has 8 heteroatoms. The number of rotatable bonds is 2. The number of hydrogen-bond donors (Lipinski definition) is 3. The van der Waals surface area contributed by atoms with Gasteiger partial charge in [0.1, 0.15) is 0 Å². The van der Waals surface area contributed by atoms with Gasteiger partial charge in [-0.25, -0.2) is 4.79 Å². The Morgan fingerprint density at radius 3 is 1.80 bits per heavy atom. The van der Waals surface area contributed by atoms with Crippen molar-refractivity contribution in [2.45, 2.75) is 5.37 Å². The maximum atomic E-state index is 9.82. The maximum Gasteiger partial charge on any atom is 0.338 e. The quantitative estimate of drug-likeness (QED) is 0.465. The summed E-state index contributed by atoms with van der Waals surface area (Å²) in [6.07, 6.45) is 0. The van der Waals surface area contributed by atoms with E-state index in [1.165, 1.54) is 0 Å². The van der Waals surface area contributed by atoms with Gasteiger partial charge in [-0.05, 0) is 0 Å². The Bertz CT molecular complexity index is 210. The Labute approximate surface area is 63.2 Å². The molecule has 0 rings (SSSR count). The Morgan fingerprint density at radius 2 is 1.80 bits per heavy atom. The van der Waals surface area contributed by atoms with Crippen molar-refractivity contribution in [3.05, 3.63) is 0 Å². The molecule has 62 valence electrons. The summed E-state index contributed by atoms with van der Waals surface area (Å²) in [5.41, 5.74) is 4.46. The standard InChI is InChI=1S/C2H5NO5S.ClH/c3-1(2(4)5)9(6,7)8;/h1H,3H2,(H,4,5)(H,6,7,8);1H. The molecule has 0 aliphatic rings. The van der Waals surface area contributed by atoms with Crippen LogP contribution >= 0.6 is 12.4 Å². The second-order valence-corrected chi connectivity index (χ2v) is 2.81. The van der Waals surface area contributed by atoms with Crippen molar-refractivity contribution < 1.29 is 22.9 Å². The number of nitrogens with two attached hydrogens (primary N) is 1. The lowest BCUT2D eigenvalue weighted by Crippen LogP contribution is -2.37. The summed E-state index contributed by atoms with van der Waals surface area (Å²) in [6.45, 7) is 0. The summed E-state index contributed by atoms with van der Waals surface area (Å²) in [4.78, 5) is 9.68. The number of hydrogen-bond acceptors (Lipinski definition) is 4. The molecule has 0 aromatic heterocycles. The predicted molar refractivity (Wildman–Crippen MR) is 34.4 cm³/mol. The Morgan fingerprint density at radius 1 is 1.50 bits per heavy atom. The Balaban J connectivity index is 0. The van der Waals surface area contributed by atoms with Crippen molar-refractivity contribution in [1.82, 2.24) is 0 Å². The average molecular weight is 192 g/mol. The summed E-state index contributed by atoms with van der Waals surface area (Å²) in [5.74, 6) is -1.78. The second kappa shape index (κ2) is 3.71. The largest absolute Gasteiger partial charge is 0.479 e. The minimum absolute atomic E-state index is 0. The van der Waals surface area contributed by atoms with Crippen LogP contribution in [0, 0.1) is 0 Å². The summed E-state index contributed by atoms with van der Waals surface area (Å²) in [6, 6.07) is 0. The van der Waals surface area contributed by atoms with Crippen LogP contribution in [-0.2, 0) is 14.9 Å². The van der Waals surface area contributed by atoms with E-state index in [0.717, 1.165) is 0 Å². The van der Waals surface area contributed by atoms with Crippen LogP contribution in [0.25, 0.3) is 0 Å². The fourth-order valence-corrected chi connectivity index (χ4v) is 0.382. The number of halogens is 1. The molecule has 0 heterocycles. The van der Waals surface area contributed by atoms with Crippen molar-refractivity contribution in [3.8, 4) is 0 Å². The van der Waals surface area contributed by atoms with Gasteiger partial charge in [0, 0.05) is 0 Å². The first-order valence-corrected chi connectivity index (χ1v) is 3.30. The van der Waals surface area contributed by atoms with E-state index in [1.807, 2.05) is 0 Å². The third-order valence-electron chi connectivity index (χ3n) is 0.564. The molecular weight excluding hydrogens is 186 g/mol. The Kier molecular flexibility index (Phi) is 4.58. The van der Waals surface area contributed by atoms with Crippen molar-refractivity contribution in [1.29, 1.82) is 0 Å². The summed E-state index contributed by atoms with van der Waals surface area (Å²) in [7, 11) is -4.62. The second-order valence-electron chi connectivity index (χ2n) is 1.27. The van der Waals surface area contributed by atoms with Crippen LogP contribution in [-0.4, -0.2) is 29.4 Å². The smallest absolute Gasteiger partial charge is 0.338 e. The average Bonchev–Trinajstić information content (AvgIpc) is 1.62. The number of carboxylic acid groups (broad SMARTS) is 1. The normalized spacial score (nSPS) is 13.4. The fourth-order valence-electron chi connectivity index (χ4n) is 0.127. The number of carbonyl (C=O) groups is 1. The molecule has 10 heavy (non-hydrogen) atoms. The molecule has 1 unspecified atom stereocenters. The molecule has 0 aliphatic heterocycles. The molecule has 0 aromatic carbocycles. The van der Waals surface area contributed by atoms with Crippen LogP contribution in [0.4, 0.5) is 0 Å². The summed E-state index contributed by atoms with van der Waals surface area (Å²) in [5, 5.41) is 5.62. The topological polar surface area (TPSA) is 118 Å². The van der Waals surface area contributed by atoms with E-state index in [4.69, 9.17) is 9.66 Å². The summed E-state index contributed by atoms with van der Waals surface area (Å²) >= 11 is 0. The maximum absolute atomic E-state index is 9.82. The van der Waals surface area contributed by atoms with Crippen molar-refractivity contribution in [2.75, 3.05) is 0 Å². The first kappa shape index (κ1) is 12.3. The number of aliphatic carboxylic acids is 1. The molecule has 0 amide bonds. The highest BCUT2D eigenvalue weighted by atomic mass is 35.5. The molecule has 0 saturated carbocycles. The predicted octanol–water partition coefficient (Wildman–Crippen LogP) is -1.33. The molecular formula is C2H6ClNO5S. The Hall–Kier alpha value is -0.370. The monoisotopic (exact) mass is 191 g/mol. The van der Waals surface area contributed by atoms with Gasteiger partial charge >= 0.3 is 5.97 Å². The van der Waals surface area contributed by atoms with Gasteiger partial charge in [0.25, 0.3) is 10.1 Å². The molecule has 0 fully saturated rings. The molecule has 0 bridgehead atoms. The highest BCUT2D eigenvalue weighted by Gasteiger charge is 2.25. The third kappa shape index (κ3) is 3.62. The zero-order chi connectivity index (χ0) is 7.65. The van der Waals surface area contributed by atoms with Gasteiger partial charge in [0.05, 0.1) is 0 Å². The molecule has 0 aliphatic carbocycles. The SMILES string of the molecule is Cl.NC(C(=O)O)S(=O)(=O)O. The molecule has 1 atom stereocenters. The van der Waals surface area contributed by atoms with E-state index in [2.05, 4.69) is 5.73 Å². The first-order chi connectivity index (χ1) is 3.85.